The number of hydrogen-bond donors (Lipinski definition) is 1. The predicted octanol–water partition coefficient (Wildman–Crippen LogP) is 2.01. The number of nitrogens with zero attached hydrogens (tertiary/aromatic N) is 3. The second-order valence-electron chi connectivity index (χ2n) is 6.37. The molecule has 0 spiro atoms. The Bertz CT molecular complexity index is 840. The van der Waals surface area contributed by atoms with E-state index in [1.165, 1.54) is 11.3 Å². The summed E-state index contributed by atoms with van der Waals surface area (Å²) in [6.07, 6.45) is 0.914. The molecule has 3 heterocycles. The van der Waals surface area contributed by atoms with E-state index in [2.05, 4.69) is 16.4 Å². The van der Waals surface area contributed by atoms with Crippen LogP contribution in [0.4, 0.5) is 0 Å². The van der Waals surface area contributed by atoms with Gasteiger partial charge in [-0.25, -0.2) is 4.98 Å². The Kier molecular flexibility index (Phi) is 4.25. The summed E-state index contributed by atoms with van der Waals surface area (Å²) < 4.78 is 5.20. The fraction of sp³-hybridized carbons (Fsp3) is 0.389. The summed E-state index contributed by atoms with van der Waals surface area (Å²) in [4.78, 5) is 20.1. The molecule has 2 atom stereocenters. The maximum atomic E-state index is 12.8. The number of methoxy groups -OCH3 is 1. The predicted molar refractivity (Wildman–Crippen MR) is 94.2 cm³/mol. The Labute approximate surface area is 150 Å². The normalized spacial score (nSPS) is 22.2. The number of nitriles is 1. The fourth-order valence-electron chi connectivity index (χ4n) is 3.46. The molecular weight excluding hydrogens is 336 g/mol. The molecule has 1 fully saturated rings. The third-order valence-electron chi connectivity index (χ3n) is 4.74. The van der Waals surface area contributed by atoms with Crippen LogP contribution in [0.15, 0.2) is 24.3 Å². The summed E-state index contributed by atoms with van der Waals surface area (Å²) in [7, 11) is 1.70. The van der Waals surface area contributed by atoms with E-state index < -0.39 is 0 Å². The van der Waals surface area contributed by atoms with Crippen LogP contribution in [0.5, 0.6) is 0 Å². The van der Waals surface area contributed by atoms with Crippen LogP contribution in [-0.4, -0.2) is 48.1 Å². The number of ether oxygens (including phenoxy) is 1. The highest BCUT2D eigenvalue weighted by atomic mass is 32.1. The number of fused-ring (bicyclic) bond motifs is 1. The van der Waals surface area contributed by atoms with E-state index >= 15 is 0 Å². The van der Waals surface area contributed by atoms with Gasteiger partial charge in [0.05, 0.1) is 30.5 Å². The third kappa shape index (κ3) is 2.93. The highest BCUT2D eigenvalue weighted by Gasteiger charge is 2.39. The molecular formula is C18H18N4O2S. The van der Waals surface area contributed by atoms with Gasteiger partial charge in [-0.2, -0.15) is 5.26 Å². The molecule has 1 N–H and O–H groups in total. The summed E-state index contributed by atoms with van der Waals surface area (Å²) in [5.41, 5.74) is 2.43. The van der Waals surface area contributed by atoms with Crippen molar-refractivity contribution in [3.05, 3.63) is 40.4 Å². The number of hydrogen-bond acceptors (Lipinski definition) is 6. The Morgan fingerprint density at radius 1 is 1.44 bits per heavy atom. The van der Waals surface area contributed by atoms with Crippen LogP contribution < -0.4 is 5.32 Å². The first kappa shape index (κ1) is 16.2. The van der Waals surface area contributed by atoms with Gasteiger partial charge in [-0.05, 0) is 18.6 Å². The average Bonchev–Trinajstić information content (AvgIpc) is 3.32. The summed E-state index contributed by atoms with van der Waals surface area (Å²) in [6, 6.07) is 9.93. The van der Waals surface area contributed by atoms with Gasteiger partial charge in [-0.3, -0.25) is 4.79 Å². The van der Waals surface area contributed by atoms with Gasteiger partial charge in [-0.1, -0.05) is 12.1 Å². The van der Waals surface area contributed by atoms with Crippen molar-refractivity contribution in [2.75, 3.05) is 20.3 Å². The summed E-state index contributed by atoms with van der Waals surface area (Å²) in [5.74, 6) is 0.0808. The molecule has 2 aliphatic rings. The van der Waals surface area contributed by atoms with E-state index in [1.807, 2.05) is 17.0 Å². The first-order valence-electron chi connectivity index (χ1n) is 8.23. The van der Waals surface area contributed by atoms with E-state index in [-0.39, 0.29) is 11.9 Å². The van der Waals surface area contributed by atoms with Crippen LogP contribution in [0, 0.1) is 11.3 Å². The molecule has 128 valence electrons. The molecule has 0 unspecified atom stereocenters. The minimum Gasteiger partial charge on any atom is -0.383 e. The van der Waals surface area contributed by atoms with E-state index in [9.17, 15) is 4.79 Å². The molecule has 1 amide bonds. The summed E-state index contributed by atoms with van der Waals surface area (Å²) >= 11 is 1.44. The van der Waals surface area contributed by atoms with Crippen molar-refractivity contribution >= 4 is 17.2 Å². The van der Waals surface area contributed by atoms with Gasteiger partial charge in [0.1, 0.15) is 9.88 Å². The third-order valence-corrected chi connectivity index (χ3v) is 5.88. The SMILES string of the molecule is COC[C@@H]1C[C@@H](N2Cc3nc(-c4ccc(C#N)cc4)sc3C2=O)CN1. The van der Waals surface area contributed by atoms with Crippen molar-refractivity contribution in [1.82, 2.24) is 15.2 Å². The smallest absolute Gasteiger partial charge is 0.266 e. The number of thiazole rings is 1. The van der Waals surface area contributed by atoms with Gasteiger partial charge in [0.15, 0.2) is 0 Å². The number of nitrogens with one attached hydrogen (secondary N) is 1. The Morgan fingerprint density at radius 3 is 2.92 bits per heavy atom. The molecule has 2 aromatic rings. The van der Waals surface area contributed by atoms with E-state index in [4.69, 9.17) is 10.00 Å². The Balaban J connectivity index is 1.50. The summed E-state index contributed by atoms with van der Waals surface area (Å²) in [5, 5.41) is 13.1. The van der Waals surface area contributed by atoms with Gasteiger partial charge in [0.2, 0.25) is 0 Å². The Hall–Kier alpha value is -2.27. The molecule has 0 saturated carbocycles. The molecule has 0 bridgehead atoms. The quantitative estimate of drug-likeness (QED) is 0.909. The zero-order chi connectivity index (χ0) is 17.4. The zero-order valence-corrected chi connectivity index (χ0v) is 14.7. The topological polar surface area (TPSA) is 78.2 Å². The lowest BCUT2D eigenvalue weighted by atomic mass is 10.1. The lowest BCUT2D eigenvalue weighted by Crippen LogP contribution is -2.36. The largest absolute Gasteiger partial charge is 0.383 e. The van der Waals surface area contributed by atoms with Crippen LogP contribution >= 0.6 is 11.3 Å². The van der Waals surface area contributed by atoms with Crippen LogP contribution in [0.2, 0.25) is 0 Å². The Morgan fingerprint density at radius 2 is 2.24 bits per heavy atom. The first-order chi connectivity index (χ1) is 12.2. The molecule has 0 radical (unpaired) electrons. The van der Waals surface area contributed by atoms with Crippen molar-refractivity contribution < 1.29 is 9.53 Å². The van der Waals surface area contributed by atoms with Crippen molar-refractivity contribution in [2.24, 2.45) is 0 Å². The van der Waals surface area contributed by atoms with Gasteiger partial charge >= 0.3 is 0 Å². The number of benzene rings is 1. The molecule has 7 heteroatoms. The average molecular weight is 354 g/mol. The molecule has 0 aliphatic carbocycles. The first-order valence-corrected chi connectivity index (χ1v) is 9.04. The van der Waals surface area contributed by atoms with Crippen molar-refractivity contribution in [3.63, 3.8) is 0 Å². The maximum Gasteiger partial charge on any atom is 0.266 e. The molecule has 1 aromatic carbocycles. The number of carbonyl (C=O) groups is 1. The number of aromatic nitrogens is 1. The van der Waals surface area contributed by atoms with Crippen LogP contribution in [0.3, 0.4) is 0 Å². The van der Waals surface area contributed by atoms with E-state index in [0.717, 1.165) is 34.1 Å². The van der Waals surface area contributed by atoms with E-state index in [0.29, 0.717) is 24.8 Å². The van der Waals surface area contributed by atoms with Crippen molar-refractivity contribution in [2.45, 2.75) is 25.0 Å². The van der Waals surface area contributed by atoms with Crippen molar-refractivity contribution in [3.8, 4) is 16.6 Å². The number of rotatable bonds is 4. The second kappa shape index (κ2) is 6.56. The van der Waals surface area contributed by atoms with Gasteiger partial charge in [0.25, 0.3) is 5.91 Å². The highest BCUT2D eigenvalue weighted by Crippen LogP contribution is 2.35. The number of amides is 1. The lowest BCUT2D eigenvalue weighted by molar-refractivity contribution is 0.0714. The van der Waals surface area contributed by atoms with Gasteiger partial charge < -0.3 is 15.0 Å². The molecule has 6 nitrogen and oxygen atoms in total. The van der Waals surface area contributed by atoms with Crippen LogP contribution in [0.25, 0.3) is 10.6 Å². The maximum absolute atomic E-state index is 12.8. The molecule has 1 saturated heterocycles. The number of carbonyl (C=O) groups excluding carboxylic acids is 1. The minimum absolute atomic E-state index is 0.0808. The van der Waals surface area contributed by atoms with Crippen LogP contribution in [0.1, 0.15) is 27.3 Å². The molecule has 25 heavy (non-hydrogen) atoms. The van der Waals surface area contributed by atoms with E-state index in [1.54, 1.807) is 19.2 Å². The second-order valence-corrected chi connectivity index (χ2v) is 7.37. The monoisotopic (exact) mass is 354 g/mol. The summed E-state index contributed by atoms with van der Waals surface area (Å²) in [6.45, 7) is 2.05. The van der Waals surface area contributed by atoms with Gasteiger partial charge in [-0.15, -0.1) is 11.3 Å². The molecule has 2 aliphatic heterocycles. The fourth-order valence-corrected chi connectivity index (χ4v) is 4.49. The van der Waals surface area contributed by atoms with Crippen LogP contribution in [-0.2, 0) is 11.3 Å². The molecule has 1 aromatic heterocycles. The van der Waals surface area contributed by atoms with Crippen molar-refractivity contribution in [1.29, 1.82) is 5.26 Å². The highest BCUT2D eigenvalue weighted by molar-refractivity contribution is 7.17. The standard InChI is InChI=1S/C18H18N4O2S/c1-24-10-13-6-14(8-20-13)22-9-15-16(18(22)23)25-17(21-15)12-4-2-11(7-19)3-5-12/h2-5,13-14,20H,6,8-10H2,1H3/t13-,14+/m0/s1. The molecule has 4 rings (SSSR count). The zero-order valence-electron chi connectivity index (χ0n) is 13.9. The van der Waals surface area contributed by atoms with Gasteiger partial charge in [0, 0.05) is 31.3 Å². The lowest BCUT2D eigenvalue weighted by Gasteiger charge is -2.23. The minimum atomic E-state index is 0.0808.